The Labute approximate surface area is 199 Å². The summed E-state index contributed by atoms with van der Waals surface area (Å²) in [6, 6.07) is 28.5. The molecule has 0 aliphatic carbocycles. The lowest BCUT2D eigenvalue weighted by molar-refractivity contribution is 0.245. The standard InChI is InChI=1S/C13H15NO.C13H12O.C4H10/c1-9(2)15-12-6-4-5-11-8-7-10(3)14-13(11)12;1-14-13-9-7-12(8-10-13)11-5-3-2-4-6-11;1-3-4-2/h4-9H,1-3H3;2-10H,1H3;3-4H2,1-2H3. The minimum atomic E-state index is 0.179. The number of ether oxygens (including phenoxy) is 2. The number of hydrogen-bond donors (Lipinski definition) is 0. The second-order valence-corrected chi connectivity index (χ2v) is 8.04. The normalized spacial score (nSPS) is 10.0. The van der Waals surface area contributed by atoms with Crippen LogP contribution in [0, 0.1) is 6.92 Å². The van der Waals surface area contributed by atoms with Crippen molar-refractivity contribution < 1.29 is 9.47 Å². The van der Waals surface area contributed by atoms with E-state index in [1.807, 2.05) is 69.3 Å². The second-order valence-electron chi connectivity index (χ2n) is 8.04. The molecule has 3 aromatic carbocycles. The van der Waals surface area contributed by atoms with Gasteiger partial charge in [-0.15, -0.1) is 0 Å². The van der Waals surface area contributed by atoms with Crippen LogP contribution in [0.4, 0.5) is 0 Å². The van der Waals surface area contributed by atoms with Crippen molar-refractivity contribution >= 4 is 10.9 Å². The van der Waals surface area contributed by atoms with Crippen molar-refractivity contribution in [2.24, 2.45) is 0 Å². The van der Waals surface area contributed by atoms with E-state index in [1.165, 1.54) is 24.0 Å². The van der Waals surface area contributed by atoms with Crippen LogP contribution in [0.1, 0.15) is 46.2 Å². The number of unbranched alkanes of at least 4 members (excludes halogenated alkanes) is 1. The van der Waals surface area contributed by atoms with Crippen molar-refractivity contribution in [1.82, 2.24) is 4.98 Å². The Hall–Kier alpha value is -3.33. The van der Waals surface area contributed by atoms with Crippen LogP contribution in [0.25, 0.3) is 22.0 Å². The molecule has 4 aromatic rings. The van der Waals surface area contributed by atoms with E-state index < -0.39 is 0 Å². The first-order chi connectivity index (χ1) is 16.0. The number of pyridine rings is 1. The van der Waals surface area contributed by atoms with Crippen LogP contribution in [-0.4, -0.2) is 18.2 Å². The zero-order chi connectivity index (χ0) is 24.1. The Morgan fingerprint density at radius 1 is 0.727 bits per heavy atom. The van der Waals surface area contributed by atoms with Crippen molar-refractivity contribution in [3.63, 3.8) is 0 Å². The molecule has 1 heterocycles. The van der Waals surface area contributed by atoms with Gasteiger partial charge >= 0.3 is 0 Å². The highest BCUT2D eigenvalue weighted by molar-refractivity contribution is 5.84. The van der Waals surface area contributed by atoms with E-state index in [0.29, 0.717) is 0 Å². The van der Waals surface area contributed by atoms with Gasteiger partial charge in [-0.05, 0) is 56.2 Å². The molecule has 0 fully saturated rings. The summed E-state index contributed by atoms with van der Waals surface area (Å²) >= 11 is 0. The molecular weight excluding hydrogens is 406 g/mol. The van der Waals surface area contributed by atoms with E-state index in [9.17, 15) is 0 Å². The number of hydrogen-bond acceptors (Lipinski definition) is 3. The highest BCUT2D eigenvalue weighted by Gasteiger charge is 2.05. The van der Waals surface area contributed by atoms with Crippen molar-refractivity contribution in [1.29, 1.82) is 0 Å². The minimum Gasteiger partial charge on any atom is -0.497 e. The summed E-state index contributed by atoms with van der Waals surface area (Å²) in [5, 5.41) is 1.12. The van der Waals surface area contributed by atoms with Gasteiger partial charge in [-0.1, -0.05) is 87.4 Å². The maximum atomic E-state index is 5.72. The maximum Gasteiger partial charge on any atom is 0.145 e. The summed E-state index contributed by atoms with van der Waals surface area (Å²) < 4.78 is 10.8. The van der Waals surface area contributed by atoms with Gasteiger partial charge in [0.15, 0.2) is 0 Å². The number of benzene rings is 3. The molecule has 0 aliphatic heterocycles. The predicted octanol–water partition coefficient (Wildman–Crippen LogP) is 8.50. The molecule has 0 N–H and O–H groups in total. The summed E-state index contributed by atoms with van der Waals surface area (Å²) in [4.78, 5) is 4.50. The van der Waals surface area contributed by atoms with Gasteiger partial charge in [0, 0.05) is 11.1 Å². The second kappa shape index (κ2) is 13.9. The average Bonchev–Trinajstić information content (AvgIpc) is 2.85. The molecule has 0 atom stereocenters. The first-order valence-electron chi connectivity index (χ1n) is 11.7. The molecule has 3 heteroatoms. The molecule has 174 valence electrons. The molecule has 3 nitrogen and oxygen atoms in total. The monoisotopic (exact) mass is 443 g/mol. The Balaban J connectivity index is 0.000000202. The average molecular weight is 444 g/mol. The van der Waals surface area contributed by atoms with Gasteiger partial charge in [0.2, 0.25) is 0 Å². The van der Waals surface area contributed by atoms with E-state index in [2.05, 4.69) is 55.2 Å². The van der Waals surface area contributed by atoms with Crippen LogP contribution in [0.15, 0.2) is 84.9 Å². The maximum absolute atomic E-state index is 5.72. The smallest absolute Gasteiger partial charge is 0.145 e. The highest BCUT2D eigenvalue weighted by atomic mass is 16.5. The first kappa shape index (κ1) is 25.9. The van der Waals surface area contributed by atoms with Crippen molar-refractivity contribution in [3.8, 4) is 22.6 Å². The molecule has 4 rings (SSSR count). The third kappa shape index (κ3) is 8.61. The zero-order valence-corrected chi connectivity index (χ0v) is 20.8. The molecule has 0 bridgehead atoms. The number of methoxy groups -OCH3 is 1. The van der Waals surface area contributed by atoms with Gasteiger partial charge in [-0.2, -0.15) is 0 Å². The third-order valence-electron chi connectivity index (χ3n) is 4.88. The Morgan fingerprint density at radius 3 is 1.94 bits per heavy atom. The fraction of sp³-hybridized carbons (Fsp3) is 0.300. The Kier molecular flexibility index (Phi) is 11.0. The molecule has 0 aliphatic rings. The molecule has 0 radical (unpaired) electrons. The summed E-state index contributed by atoms with van der Waals surface area (Å²) in [6.45, 7) is 10.4. The lowest BCUT2D eigenvalue weighted by Crippen LogP contribution is -2.06. The fourth-order valence-corrected chi connectivity index (χ4v) is 2.98. The summed E-state index contributed by atoms with van der Waals surface area (Å²) in [5.41, 5.74) is 4.41. The Morgan fingerprint density at radius 2 is 1.36 bits per heavy atom. The van der Waals surface area contributed by atoms with Crippen LogP contribution in [0.5, 0.6) is 11.5 Å². The molecule has 1 aromatic heterocycles. The number of para-hydroxylation sites is 1. The number of aryl methyl sites for hydroxylation is 1. The van der Waals surface area contributed by atoms with Gasteiger partial charge in [0.1, 0.15) is 17.0 Å². The van der Waals surface area contributed by atoms with Gasteiger partial charge in [-0.3, -0.25) is 0 Å². The number of fused-ring (bicyclic) bond motifs is 1. The van der Waals surface area contributed by atoms with Crippen molar-refractivity contribution in [3.05, 3.63) is 90.6 Å². The molecule has 0 amide bonds. The summed E-state index contributed by atoms with van der Waals surface area (Å²) in [7, 11) is 1.68. The minimum absolute atomic E-state index is 0.179. The molecule has 0 unspecified atom stereocenters. The molecular formula is C30H37NO2. The number of nitrogens with zero attached hydrogens (tertiary/aromatic N) is 1. The zero-order valence-electron chi connectivity index (χ0n) is 20.8. The lowest BCUT2D eigenvalue weighted by Gasteiger charge is -2.11. The third-order valence-corrected chi connectivity index (χ3v) is 4.88. The molecule has 33 heavy (non-hydrogen) atoms. The van der Waals surface area contributed by atoms with Gasteiger partial charge in [0.05, 0.1) is 13.2 Å². The highest BCUT2D eigenvalue weighted by Crippen LogP contribution is 2.24. The molecule has 0 saturated carbocycles. The van der Waals surface area contributed by atoms with E-state index in [-0.39, 0.29) is 6.10 Å². The quantitative estimate of drug-likeness (QED) is 0.310. The number of rotatable bonds is 5. The predicted molar refractivity (Wildman–Crippen MR) is 141 cm³/mol. The summed E-state index contributed by atoms with van der Waals surface area (Å²) in [6.07, 6.45) is 2.82. The molecule has 0 spiro atoms. The fourth-order valence-electron chi connectivity index (χ4n) is 2.98. The topological polar surface area (TPSA) is 31.4 Å². The van der Waals surface area contributed by atoms with Crippen LogP contribution in [0.3, 0.4) is 0 Å². The van der Waals surface area contributed by atoms with E-state index in [1.54, 1.807) is 7.11 Å². The van der Waals surface area contributed by atoms with Crippen molar-refractivity contribution in [2.45, 2.75) is 53.6 Å². The molecule has 0 saturated heterocycles. The number of aromatic nitrogens is 1. The van der Waals surface area contributed by atoms with E-state index in [0.717, 1.165) is 28.1 Å². The first-order valence-corrected chi connectivity index (χ1v) is 11.7. The van der Waals surface area contributed by atoms with Gasteiger partial charge in [-0.25, -0.2) is 4.98 Å². The van der Waals surface area contributed by atoms with Crippen LogP contribution < -0.4 is 9.47 Å². The Bertz CT molecular complexity index is 1070. The van der Waals surface area contributed by atoms with Gasteiger partial charge < -0.3 is 9.47 Å². The van der Waals surface area contributed by atoms with Crippen molar-refractivity contribution in [2.75, 3.05) is 7.11 Å². The lowest BCUT2D eigenvalue weighted by atomic mass is 10.1. The van der Waals surface area contributed by atoms with Crippen LogP contribution >= 0.6 is 0 Å². The summed E-state index contributed by atoms with van der Waals surface area (Å²) in [5.74, 6) is 1.76. The van der Waals surface area contributed by atoms with E-state index in [4.69, 9.17) is 9.47 Å². The van der Waals surface area contributed by atoms with Gasteiger partial charge in [0.25, 0.3) is 0 Å². The largest absolute Gasteiger partial charge is 0.497 e. The SMILES string of the molecule is CCCC.COc1ccc(-c2ccccc2)cc1.Cc1ccc2cccc(OC(C)C)c2n1. The van der Waals surface area contributed by atoms with Crippen LogP contribution in [0.2, 0.25) is 0 Å². The van der Waals surface area contributed by atoms with Crippen LogP contribution in [-0.2, 0) is 0 Å². The van der Waals surface area contributed by atoms with E-state index >= 15 is 0 Å².